The Labute approximate surface area is 111 Å². The maximum Gasteiger partial charge on any atom is 0.266 e. The van der Waals surface area contributed by atoms with Gasteiger partial charge in [0.05, 0.1) is 5.41 Å². The number of anilines is 1. The number of aryl methyl sites for hydroxylation is 1. The highest BCUT2D eigenvalue weighted by Gasteiger charge is 2.47. The Kier molecular flexibility index (Phi) is 2.89. The first kappa shape index (κ1) is 12.3. The smallest absolute Gasteiger partial charge is 0.266 e. The second kappa shape index (κ2) is 4.45. The zero-order valence-electron chi connectivity index (χ0n) is 11.1. The Bertz CT molecular complexity index is 560. The first-order chi connectivity index (χ1) is 9.12. The maximum absolute atomic E-state index is 12.6. The molecule has 2 aliphatic rings. The summed E-state index contributed by atoms with van der Waals surface area (Å²) in [6.07, 6.45) is 2.68. The van der Waals surface area contributed by atoms with E-state index < -0.39 is 0 Å². The number of piperidine rings is 1. The largest absolute Gasteiger partial charge is 0.317 e. The number of aromatic nitrogens is 2. The van der Waals surface area contributed by atoms with Gasteiger partial charge >= 0.3 is 0 Å². The molecule has 0 radical (unpaired) electrons. The van der Waals surface area contributed by atoms with Crippen LogP contribution in [0.3, 0.4) is 0 Å². The van der Waals surface area contributed by atoms with E-state index >= 15 is 0 Å². The number of hydrogen-bond acceptors (Lipinski definition) is 4. The van der Waals surface area contributed by atoms with Gasteiger partial charge in [0.1, 0.15) is 0 Å². The zero-order valence-corrected chi connectivity index (χ0v) is 11.1. The average molecular weight is 262 g/mol. The van der Waals surface area contributed by atoms with E-state index in [1.165, 1.54) is 10.7 Å². The van der Waals surface area contributed by atoms with Gasteiger partial charge in [-0.25, -0.2) is 4.68 Å². The molecular formula is C13H18N4O2. The van der Waals surface area contributed by atoms with E-state index in [-0.39, 0.29) is 16.9 Å². The molecule has 0 atom stereocenters. The lowest BCUT2D eigenvalue weighted by Crippen LogP contribution is -2.43. The number of hydrogen-bond donors (Lipinski definition) is 1. The van der Waals surface area contributed by atoms with Crippen molar-refractivity contribution in [2.45, 2.75) is 19.3 Å². The summed E-state index contributed by atoms with van der Waals surface area (Å²) in [6, 6.07) is 3.10. The molecule has 3 heterocycles. The normalized spacial score (nSPS) is 22.2. The van der Waals surface area contributed by atoms with Crippen LogP contribution in [0.5, 0.6) is 0 Å². The van der Waals surface area contributed by atoms with Crippen LogP contribution in [0.15, 0.2) is 16.9 Å². The van der Waals surface area contributed by atoms with Crippen LogP contribution in [0, 0.1) is 5.41 Å². The minimum Gasteiger partial charge on any atom is -0.317 e. The minimum absolute atomic E-state index is 0.160. The van der Waals surface area contributed by atoms with Crippen molar-refractivity contribution in [3.05, 3.63) is 22.5 Å². The third kappa shape index (κ3) is 1.96. The lowest BCUT2D eigenvalue weighted by Gasteiger charge is -2.31. The van der Waals surface area contributed by atoms with E-state index in [4.69, 9.17) is 0 Å². The van der Waals surface area contributed by atoms with E-state index in [0.29, 0.717) is 12.4 Å². The van der Waals surface area contributed by atoms with E-state index in [2.05, 4.69) is 10.4 Å². The molecule has 0 aliphatic carbocycles. The van der Waals surface area contributed by atoms with E-state index in [1.807, 2.05) is 0 Å². The van der Waals surface area contributed by atoms with Crippen LogP contribution < -0.4 is 15.8 Å². The van der Waals surface area contributed by atoms with Gasteiger partial charge in [-0.15, -0.1) is 0 Å². The first-order valence-electron chi connectivity index (χ1n) is 6.69. The van der Waals surface area contributed by atoms with Crippen molar-refractivity contribution in [2.24, 2.45) is 12.5 Å². The van der Waals surface area contributed by atoms with Gasteiger partial charge in [-0.05, 0) is 38.4 Å². The Morgan fingerprint density at radius 2 is 1.95 bits per heavy atom. The van der Waals surface area contributed by atoms with Crippen LogP contribution in [0.25, 0.3) is 0 Å². The average Bonchev–Trinajstić information content (AvgIpc) is 2.72. The zero-order chi connectivity index (χ0) is 13.5. The van der Waals surface area contributed by atoms with E-state index in [0.717, 1.165) is 32.4 Å². The number of nitrogens with zero attached hydrogens (tertiary/aromatic N) is 3. The summed E-state index contributed by atoms with van der Waals surface area (Å²) in [5.74, 6) is 0.752. The van der Waals surface area contributed by atoms with Gasteiger partial charge in [0.2, 0.25) is 5.91 Å². The first-order valence-corrected chi connectivity index (χ1v) is 6.69. The number of nitrogens with one attached hydrogen (secondary N) is 1. The summed E-state index contributed by atoms with van der Waals surface area (Å²) in [4.78, 5) is 25.7. The predicted molar refractivity (Wildman–Crippen MR) is 71.0 cm³/mol. The quantitative estimate of drug-likeness (QED) is 0.766. The van der Waals surface area contributed by atoms with Crippen LogP contribution in [-0.4, -0.2) is 35.3 Å². The molecule has 0 unspecified atom stereocenters. The van der Waals surface area contributed by atoms with Crippen molar-refractivity contribution in [2.75, 3.05) is 24.5 Å². The summed E-state index contributed by atoms with van der Waals surface area (Å²) >= 11 is 0. The Hall–Kier alpha value is -1.69. The Balaban J connectivity index is 1.89. The van der Waals surface area contributed by atoms with Crippen molar-refractivity contribution >= 4 is 11.7 Å². The lowest BCUT2D eigenvalue weighted by atomic mass is 9.78. The molecule has 0 aromatic carbocycles. The third-order valence-electron chi connectivity index (χ3n) is 4.30. The van der Waals surface area contributed by atoms with Crippen LogP contribution in [0.4, 0.5) is 5.82 Å². The van der Waals surface area contributed by atoms with Gasteiger partial charge in [-0.2, -0.15) is 5.10 Å². The molecule has 1 amide bonds. The molecule has 19 heavy (non-hydrogen) atoms. The topological polar surface area (TPSA) is 67.2 Å². The molecule has 1 aromatic heterocycles. The molecule has 1 N–H and O–H groups in total. The van der Waals surface area contributed by atoms with Crippen LogP contribution >= 0.6 is 0 Å². The SMILES string of the molecule is Cn1nc(N2CCC3(CCNCC3)C2=O)ccc1=O. The molecule has 1 spiro atoms. The molecule has 2 saturated heterocycles. The Morgan fingerprint density at radius 1 is 1.21 bits per heavy atom. The fourth-order valence-electron chi connectivity index (χ4n) is 3.04. The predicted octanol–water partition coefficient (Wildman–Crippen LogP) is -0.113. The molecule has 6 nitrogen and oxygen atoms in total. The fraction of sp³-hybridized carbons (Fsp3) is 0.615. The highest BCUT2D eigenvalue weighted by atomic mass is 16.2. The van der Waals surface area contributed by atoms with Crippen LogP contribution in [0.1, 0.15) is 19.3 Å². The molecule has 2 aliphatic heterocycles. The molecule has 102 valence electrons. The van der Waals surface area contributed by atoms with Crippen LogP contribution in [-0.2, 0) is 11.8 Å². The third-order valence-corrected chi connectivity index (χ3v) is 4.30. The maximum atomic E-state index is 12.6. The van der Waals surface area contributed by atoms with Crippen molar-refractivity contribution in [3.8, 4) is 0 Å². The van der Waals surface area contributed by atoms with E-state index in [1.54, 1.807) is 18.0 Å². The summed E-state index contributed by atoms with van der Waals surface area (Å²) in [6.45, 7) is 2.50. The van der Waals surface area contributed by atoms with Crippen molar-refractivity contribution in [1.29, 1.82) is 0 Å². The summed E-state index contributed by atoms with van der Waals surface area (Å²) in [7, 11) is 1.60. The highest BCUT2D eigenvalue weighted by molar-refractivity contribution is 5.99. The second-order valence-electron chi connectivity index (χ2n) is 5.39. The Morgan fingerprint density at radius 3 is 2.63 bits per heavy atom. The summed E-state index contributed by atoms with van der Waals surface area (Å²) in [5.41, 5.74) is -0.367. The van der Waals surface area contributed by atoms with Gasteiger partial charge in [0, 0.05) is 19.7 Å². The summed E-state index contributed by atoms with van der Waals surface area (Å²) in [5, 5.41) is 7.47. The molecular weight excluding hydrogens is 244 g/mol. The van der Waals surface area contributed by atoms with Gasteiger partial charge < -0.3 is 5.32 Å². The molecule has 1 aromatic rings. The van der Waals surface area contributed by atoms with Crippen molar-refractivity contribution in [1.82, 2.24) is 15.1 Å². The highest BCUT2D eigenvalue weighted by Crippen LogP contribution is 2.40. The minimum atomic E-state index is -0.207. The number of carbonyl (C=O) groups excluding carboxylic acids is 1. The van der Waals surface area contributed by atoms with Crippen molar-refractivity contribution in [3.63, 3.8) is 0 Å². The lowest BCUT2D eigenvalue weighted by molar-refractivity contribution is -0.126. The standard InChI is InChI=1S/C13H18N4O2/c1-16-11(18)3-2-10(15-16)17-9-6-13(12(17)19)4-7-14-8-5-13/h2-3,14H,4-9H2,1H3. The number of carbonyl (C=O) groups is 1. The van der Waals surface area contributed by atoms with Gasteiger partial charge in [0.25, 0.3) is 5.56 Å². The van der Waals surface area contributed by atoms with Crippen LogP contribution in [0.2, 0.25) is 0 Å². The van der Waals surface area contributed by atoms with Gasteiger partial charge in [0.15, 0.2) is 5.82 Å². The summed E-state index contributed by atoms with van der Waals surface area (Å²) < 4.78 is 1.27. The van der Waals surface area contributed by atoms with Gasteiger partial charge in [-0.3, -0.25) is 14.5 Å². The second-order valence-corrected chi connectivity index (χ2v) is 5.39. The van der Waals surface area contributed by atoms with Crippen molar-refractivity contribution < 1.29 is 4.79 Å². The van der Waals surface area contributed by atoms with Gasteiger partial charge in [-0.1, -0.05) is 0 Å². The van der Waals surface area contributed by atoms with E-state index in [9.17, 15) is 9.59 Å². The molecule has 2 fully saturated rings. The number of amides is 1. The molecule has 0 saturated carbocycles. The fourth-order valence-corrected chi connectivity index (χ4v) is 3.04. The molecule has 6 heteroatoms. The number of rotatable bonds is 1. The monoisotopic (exact) mass is 262 g/mol. The molecule has 3 rings (SSSR count). The molecule has 0 bridgehead atoms.